The number of imidazole rings is 1. The first-order valence-electron chi connectivity index (χ1n) is 10.4. The number of anilines is 1. The van der Waals surface area contributed by atoms with E-state index in [-0.39, 0.29) is 4.90 Å². The molecule has 0 fully saturated rings. The van der Waals surface area contributed by atoms with Crippen molar-refractivity contribution in [3.8, 4) is 17.4 Å². The van der Waals surface area contributed by atoms with E-state index in [9.17, 15) is 8.42 Å². The van der Waals surface area contributed by atoms with Gasteiger partial charge in [-0.25, -0.2) is 13.4 Å². The maximum atomic E-state index is 12.9. The van der Waals surface area contributed by atoms with Gasteiger partial charge in [0.05, 0.1) is 10.6 Å². The van der Waals surface area contributed by atoms with Gasteiger partial charge < -0.3 is 4.74 Å². The second kappa shape index (κ2) is 8.67. The molecule has 0 bridgehead atoms. The van der Waals surface area contributed by atoms with Gasteiger partial charge in [0.25, 0.3) is 10.0 Å². The summed E-state index contributed by atoms with van der Waals surface area (Å²) in [7, 11) is -3.71. The second-order valence-corrected chi connectivity index (χ2v) is 9.60. The summed E-state index contributed by atoms with van der Waals surface area (Å²) in [5.41, 5.74) is 5.04. The molecule has 170 valence electrons. The third-order valence-corrected chi connectivity index (χ3v) is 7.06. The summed E-state index contributed by atoms with van der Waals surface area (Å²) in [5, 5.41) is 8.31. The van der Waals surface area contributed by atoms with Gasteiger partial charge in [-0.3, -0.25) is 9.29 Å². The van der Waals surface area contributed by atoms with Crippen molar-refractivity contribution < 1.29 is 13.2 Å². The zero-order chi connectivity index (χ0) is 23.8. The first kappa shape index (κ1) is 22.5. The fraction of sp³-hybridized carbons (Fsp3) is 0.208. The zero-order valence-electron chi connectivity index (χ0n) is 19.1. The summed E-state index contributed by atoms with van der Waals surface area (Å²) in [6.07, 6.45) is 1.70. The maximum absolute atomic E-state index is 12.9. The predicted molar refractivity (Wildman–Crippen MR) is 127 cm³/mol. The van der Waals surface area contributed by atoms with Crippen molar-refractivity contribution >= 4 is 15.7 Å². The van der Waals surface area contributed by atoms with Gasteiger partial charge in [0.15, 0.2) is 5.82 Å². The van der Waals surface area contributed by atoms with Gasteiger partial charge in [0, 0.05) is 17.4 Å². The Kier molecular flexibility index (Phi) is 5.90. The summed E-state index contributed by atoms with van der Waals surface area (Å²) in [6, 6.07) is 13.7. The van der Waals surface area contributed by atoms with Crippen LogP contribution in [0.5, 0.6) is 11.6 Å². The molecular weight excluding hydrogens is 438 g/mol. The fourth-order valence-corrected chi connectivity index (χ4v) is 4.74. The molecule has 0 saturated heterocycles. The normalized spacial score (nSPS) is 11.4. The van der Waals surface area contributed by atoms with E-state index in [2.05, 4.69) is 19.9 Å². The number of benzene rings is 2. The number of nitrogens with zero attached hydrogens (tertiary/aromatic N) is 4. The van der Waals surface area contributed by atoms with Gasteiger partial charge in [-0.15, -0.1) is 10.2 Å². The van der Waals surface area contributed by atoms with Crippen molar-refractivity contribution in [2.45, 2.75) is 39.5 Å². The van der Waals surface area contributed by atoms with Crippen molar-refractivity contribution in [1.82, 2.24) is 19.7 Å². The zero-order valence-corrected chi connectivity index (χ0v) is 19.9. The SMILES string of the molecule is Cc1cc(C)c(S(=O)(=O)Nc2ccc(Oc3ccc(-n4cnc(C)c4C)nn3)cc2)cc1C. The number of aryl methyl sites for hydroxylation is 4. The lowest BCUT2D eigenvalue weighted by Crippen LogP contribution is -2.14. The van der Waals surface area contributed by atoms with Gasteiger partial charge >= 0.3 is 0 Å². The Labute approximate surface area is 193 Å². The molecule has 0 aliphatic rings. The van der Waals surface area contributed by atoms with Crippen molar-refractivity contribution in [2.24, 2.45) is 0 Å². The van der Waals surface area contributed by atoms with Crippen molar-refractivity contribution in [3.63, 3.8) is 0 Å². The van der Waals surface area contributed by atoms with E-state index in [1.54, 1.807) is 55.7 Å². The molecule has 8 nitrogen and oxygen atoms in total. The molecule has 4 aromatic rings. The molecule has 33 heavy (non-hydrogen) atoms. The minimum absolute atomic E-state index is 0.268. The van der Waals surface area contributed by atoms with Crippen LogP contribution in [-0.4, -0.2) is 28.2 Å². The van der Waals surface area contributed by atoms with E-state index in [0.29, 0.717) is 28.7 Å². The molecule has 2 heterocycles. The minimum atomic E-state index is -3.71. The molecule has 0 aliphatic heterocycles. The molecule has 0 spiro atoms. The third-order valence-electron chi connectivity index (χ3n) is 5.53. The highest BCUT2D eigenvalue weighted by Crippen LogP contribution is 2.25. The van der Waals surface area contributed by atoms with E-state index >= 15 is 0 Å². The highest BCUT2D eigenvalue weighted by molar-refractivity contribution is 7.92. The Balaban J connectivity index is 1.46. The van der Waals surface area contributed by atoms with Crippen LogP contribution in [0, 0.1) is 34.6 Å². The molecule has 0 unspecified atom stereocenters. The maximum Gasteiger partial charge on any atom is 0.262 e. The van der Waals surface area contributed by atoms with Crippen LogP contribution in [0.4, 0.5) is 5.69 Å². The van der Waals surface area contributed by atoms with Crippen molar-refractivity contribution in [1.29, 1.82) is 0 Å². The lowest BCUT2D eigenvalue weighted by molar-refractivity contribution is 0.454. The summed E-state index contributed by atoms with van der Waals surface area (Å²) in [5.74, 6) is 1.48. The lowest BCUT2D eigenvalue weighted by Gasteiger charge is -2.13. The molecule has 0 atom stereocenters. The number of sulfonamides is 1. The van der Waals surface area contributed by atoms with Gasteiger partial charge in [-0.05, 0) is 87.7 Å². The molecule has 0 aliphatic carbocycles. The number of nitrogens with one attached hydrogen (secondary N) is 1. The van der Waals surface area contributed by atoms with Crippen LogP contribution < -0.4 is 9.46 Å². The van der Waals surface area contributed by atoms with E-state index in [4.69, 9.17) is 4.74 Å². The molecule has 0 radical (unpaired) electrons. The Morgan fingerprint density at radius 1 is 0.848 bits per heavy atom. The average Bonchev–Trinajstić information content (AvgIpc) is 3.11. The van der Waals surface area contributed by atoms with Gasteiger partial charge in [-0.2, -0.15) is 0 Å². The van der Waals surface area contributed by atoms with Crippen LogP contribution in [0.15, 0.2) is 59.8 Å². The lowest BCUT2D eigenvalue weighted by atomic mass is 10.1. The van der Waals surface area contributed by atoms with Crippen LogP contribution in [0.1, 0.15) is 28.1 Å². The first-order valence-corrected chi connectivity index (χ1v) is 11.9. The molecule has 0 amide bonds. The molecule has 1 N–H and O–H groups in total. The van der Waals surface area contributed by atoms with Gasteiger partial charge in [0.1, 0.15) is 12.1 Å². The van der Waals surface area contributed by atoms with Crippen molar-refractivity contribution in [2.75, 3.05) is 4.72 Å². The van der Waals surface area contributed by atoms with Crippen LogP contribution in [-0.2, 0) is 10.0 Å². The quantitative estimate of drug-likeness (QED) is 0.441. The van der Waals surface area contributed by atoms with Crippen LogP contribution >= 0.6 is 0 Å². The number of rotatable bonds is 6. The van der Waals surface area contributed by atoms with Crippen LogP contribution in [0.2, 0.25) is 0 Å². The second-order valence-electron chi connectivity index (χ2n) is 7.95. The summed E-state index contributed by atoms with van der Waals surface area (Å²) >= 11 is 0. The molecule has 2 aromatic heterocycles. The smallest absolute Gasteiger partial charge is 0.262 e. The van der Waals surface area contributed by atoms with E-state index < -0.39 is 10.0 Å². The van der Waals surface area contributed by atoms with E-state index in [1.165, 1.54) is 0 Å². The number of hydrogen-bond acceptors (Lipinski definition) is 6. The Bertz CT molecular complexity index is 1410. The van der Waals surface area contributed by atoms with Gasteiger partial charge in [0.2, 0.25) is 5.88 Å². The Hall–Kier alpha value is -3.72. The summed E-state index contributed by atoms with van der Waals surface area (Å²) < 4.78 is 36.0. The first-order chi connectivity index (χ1) is 15.6. The molecule has 4 rings (SSSR count). The Morgan fingerprint density at radius 2 is 1.55 bits per heavy atom. The van der Waals surface area contributed by atoms with Crippen LogP contribution in [0.25, 0.3) is 5.82 Å². The highest BCUT2D eigenvalue weighted by atomic mass is 32.2. The number of hydrogen-bond donors (Lipinski definition) is 1. The fourth-order valence-electron chi connectivity index (χ4n) is 3.37. The van der Waals surface area contributed by atoms with Gasteiger partial charge in [-0.1, -0.05) is 6.07 Å². The molecule has 2 aromatic carbocycles. The standard InChI is InChI=1S/C24H25N5O3S/c1-15-12-17(3)22(13-16(15)2)33(30,31)28-20-6-8-21(9-7-20)32-24-11-10-23(26-27-24)29-14-25-18(4)19(29)5/h6-14,28H,1-5H3. The summed E-state index contributed by atoms with van der Waals surface area (Å²) in [6.45, 7) is 9.55. The summed E-state index contributed by atoms with van der Waals surface area (Å²) in [4.78, 5) is 4.53. The Morgan fingerprint density at radius 3 is 2.15 bits per heavy atom. The third kappa shape index (κ3) is 4.73. The van der Waals surface area contributed by atoms with E-state index in [0.717, 1.165) is 22.5 Å². The van der Waals surface area contributed by atoms with Crippen LogP contribution in [0.3, 0.4) is 0 Å². The molecular formula is C24H25N5O3S. The largest absolute Gasteiger partial charge is 0.438 e. The average molecular weight is 464 g/mol. The number of ether oxygens (including phenoxy) is 1. The monoisotopic (exact) mass is 463 g/mol. The molecule has 0 saturated carbocycles. The topological polar surface area (TPSA) is 99.0 Å². The number of aromatic nitrogens is 4. The predicted octanol–water partition coefficient (Wildman–Crippen LogP) is 4.80. The van der Waals surface area contributed by atoms with Crippen molar-refractivity contribution in [3.05, 3.63) is 82.9 Å². The molecule has 9 heteroatoms. The highest BCUT2D eigenvalue weighted by Gasteiger charge is 2.18. The minimum Gasteiger partial charge on any atom is -0.438 e. The van der Waals surface area contributed by atoms with E-state index in [1.807, 2.05) is 38.3 Å².